The highest BCUT2D eigenvalue weighted by Crippen LogP contribution is 2.52. The first-order valence-electron chi connectivity index (χ1n) is 50.0. The van der Waals surface area contributed by atoms with Crippen LogP contribution >= 0.6 is 22.7 Å². The number of benzene rings is 23. The first kappa shape index (κ1) is 83.8. The Morgan fingerprint density at radius 2 is 0.374 bits per heavy atom. The topological polar surface area (TPSA) is 67.3 Å². The summed E-state index contributed by atoms with van der Waals surface area (Å²) in [6.07, 6.45) is 0. The van der Waals surface area contributed by atoms with Crippen molar-refractivity contribution in [2.75, 3.05) is 0 Å². The highest BCUT2D eigenvalue weighted by Gasteiger charge is 2.27. The maximum absolute atomic E-state index is 6.84. The molecule has 32 rings (SSSR count). The highest BCUT2D eigenvalue weighted by atomic mass is 32.1. The van der Waals surface area contributed by atoms with E-state index < -0.39 is 0 Å². The second-order valence-electron chi connectivity index (χ2n) is 38.2. The molecule has 32 aromatic rings. The van der Waals surface area contributed by atoms with E-state index in [-0.39, 0.29) is 0 Å². The highest BCUT2D eigenvalue weighted by molar-refractivity contribution is 7.27. The minimum atomic E-state index is 0.899. The van der Waals surface area contributed by atoms with E-state index in [1.165, 1.54) is 134 Å². The molecule has 0 aliphatic carbocycles. The third kappa shape index (κ3) is 13.5. The van der Waals surface area contributed by atoms with E-state index in [4.69, 9.17) is 17.7 Å². The predicted octanol–water partition coefficient (Wildman–Crippen LogP) is 40.0. The third-order valence-corrected chi connectivity index (χ3v) is 32.7. The zero-order chi connectivity index (χ0) is 96.4. The van der Waals surface area contributed by atoms with Crippen LogP contribution in [0.5, 0.6) is 0 Å². The molecule has 0 amide bonds. The minimum Gasteiger partial charge on any atom is -0.455 e. The molecule has 0 aliphatic heterocycles. The Bertz CT molecular complexity index is 10900. The molecular weight excluding hydrogens is 1830 g/mol. The number of para-hydroxylation sites is 8. The molecule has 9 heteroatoms. The molecule has 0 saturated heterocycles. The van der Waals surface area contributed by atoms with Crippen molar-refractivity contribution in [3.63, 3.8) is 0 Å². The lowest BCUT2D eigenvalue weighted by atomic mass is 9.97. The summed E-state index contributed by atoms with van der Waals surface area (Å²) in [6, 6.07) is 180. The van der Waals surface area contributed by atoms with Gasteiger partial charge in [0.2, 0.25) is 0 Å². The number of furan rings is 4. The van der Waals surface area contributed by atoms with Gasteiger partial charge in [-0.25, -0.2) is 0 Å². The lowest BCUT2D eigenvalue weighted by Crippen LogP contribution is -1.93. The second-order valence-corrected chi connectivity index (χ2v) is 40.2. The molecule has 9 aromatic heterocycles. The van der Waals surface area contributed by atoms with Gasteiger partial charge in [0.05, 0.1) is 49.3 Å². The van der Waals surface area contributed by atoms with Gasteiger partial charge in [0.1, 0.15) is 44.7 Å². The molecule has 686 valence electrons. The van der Waals surface area contributed by atoms with E-state index in [1.54, 1.807) is 0 Å². The van der Waals surface area contributed by atoms with Crippen LogP contribution in [0.3, 0.4) is 0 Å². The summed E-state index contributed by atoms with van der Waals surface area (Å²) < 4.78 is 38.7. The summed E-state index contributed by atoms with van der Waals surface area (Å²) in [6.45, 7) is 0. The SMILES string of the molecule is c1ccc(-c2ccc(-c3cccc4c3sc3c(-c5ccc(-n6c7ccccc7c7c8oc9ccccc9c8ccc76)cc5)cccc34)cc2)cc1.c1ccc(-c2cccc(-c3cccc4c3oc3c(-c5ccc(-n6c7ccccc7c7c8oc9ccccc9c8ccc76)cc5)cccc34)c2)cc1.c1ccc(-c2cccc3c2sc2c(-c4ccc(-n5c6ccccc6c6c7oc8ccccc8c7ccc65)cc4)cccc23)cc1. The van der Waals surface area contributed by atoms with E-state index in [0.717, 1.165) is 165 Å². The molecule has 0 spiro atoms. The number of aromatic nitrogens is 3. The van der Waals surface area contributed by atoms with Crippen LogP contribution in [0.25, 0.3) is 300 Å². The fourth-order valence-electron chi connectivity index (χ4n) is 23.3. The Morgan fingerprint density at radius 1 is 0.136 bits per heavy atom. The summed E-state index contributed by atoms with van der Waals surface area (Å²) >= 11 is 3.80. The zero-order valence-corrected chi connectivity index (χ0v) is 80.8. The van der Waals surface area contributed by atoms with Crippen molar-refractivity contribution in [3.8, 4) is 106 Å². The maximum Gasteiger partial charge on any atom is 0.145 e. The normalized spacial score (nSPS) is 11.9. The van der Waals surface area contributed by atoms with E-state index in [1.807, 2.05) is 46.9 Å². The van der Waals surface area contributed by atoms with Gasteiger partial charge in [0.15, 0.2) is 0 Å². The van der Waals surface area contributed by atoms with Gasteiger partial charge in [0, 0.05) is 128 Å². The molecule has 0 N–H and O–H groups in total. The largest absolute Gasteiger partial charge is 0.455 e. The number of hydrogen-bond acceptors (Lipinski definition) is 6. The molecule has 7 nitrogen and oxygen atoms in total. The van der Waals surface area contributed by atoms with Crippen molar-refractivity contribution in [1.29, 1.82) is 0 Å². The molecule has 0 unspecified atom stereocenters. The van der Waals surface area contributed by atoms with Gasteiger partial charge in [0.25, 0.3) is 0 Å². The Kier molecular flexibility index (Phi) is 19.3. The Balaban J connectivity index is 0.000000102. The molecule has 0 fully saturated rings. The molecule has 0 aliphatic rings. The van der Waals surface area contributed by atoms with E-state index in [2.05, 4.69) is 493 Å². The van der Waals surface area contributed by atoms with Crippen LogP contribution in [0.15, 0.2) is 521 Å². The fraction of sp³-hybridized carbons (Fsp3) is 0. The second kappa shape index (κ2) is 33.9. The van der Waals surface area contributed by atoms with Crippen molar-refractivity contribution in [2.45, 2.75) is 0 Å². The number of thiophene rings is 2. The minimum absolute atomic E-state index is 0.899. The average Bonchev–Trinajstić information content (AvgIpc) is 1.57. The predicted molar refractivity (Wildman–Crippen MR) is 621 cm³/mol. The van der Waals surface area contributed by atoms with Crippen LogP contribution < -0.4 is 0 Å². The average molecular weight is 1910 g/mol. The number of hydrogen-bond donors (Lipinski definition) is 0. The molecule has 23 aromatic carbocycles. The van der Waals surface area contributed by atoms with Gasteiger partial charge < -0.3 is 31.4 Å². The fourth-order valence-corrected chi connectivity index (χ4v) is 26.1. The van der Waals surface area contributed by atoms with Gasteiger partial charge in [-0.15, -0.1) is 22.7 Å². The van der Waals surface area contributed by atoms with Crippen LogP contribution in [-0.2, 0) is 0 Å². The van der Waals surface area contributed by atoms with Crippen molar-refractivity contribution < 1.29 is 17.7 Å². The van der Waals surface area contributed by atoms with Gasteiger partial charge in [-0.3, -0.25) is 0 Å². The number of fused-ring (bicyclic) bond motifs is 30. The van der Waals surface area contributed by atoms with Gasteiger partial charge in [-0.1, -0.05) is 388 Å². The Hall–Kier alpha value is -18.9. The van der Waals surface area contributed by atoms with Crippen LogP contribution in [0.1, 0.15) is 0 Å². The van der Waals surface area contributed by atoms with Crippen LogP contribution in [0, 0.1) is 0 Å². The number of rotatable bonds is 11. The standard InChI is InChI=1S/C48H29NO2.C48H29NOS.C42H25NOS/c1-2-11-30(12-3-1)32-13-8-14-33(29-32)36-18-10-20-39-38-19-9-17-35(46(38)51-47(36)39)31-23-25-34(26-24-31)49-42-21-6-4-16-41(42)45-43(49)28-27-40-37-15-5-7-22-44(37)50-48(40)45;1-2-10-30(11-3-1)31-20-22-32(23-21-31)35-14-8-16-39-40-17-9-15-36(48(40)51-47(35)39)33-24-26-34(27-25-33)49-42-18-6-4-13-41(42)45-43(49)29-28-38-37-12-5-7-19-44(37)50-46(38)45;1-2-10-26(11-3-1)29-14-8-16-33-34-17-9-15-30(42(34)45-41(29)33)27-20-22-28(23-21-27)43-36-18-6-4-13-35(36)39-37(43)25-24-32-31-12-5-7-19-38(31)44-40(32)39/h2*1-29H;1-25H. The van der Waals surface area contributed by atoms with E-state index in [0.29, 0.717) is 0 Å². The van der Waals surface area contributed by atoms with E-state index >= 15 is 0 Å². The molecule has 0 bridgehead atoms. The summed E-state index contributed by atoms with van der Waals surface area (Å²) in [5, 5.41) is 21.4. The summed E-state index contributed by atoms with van der Waals surface area (Å²) in [4.78, 5) is 0. The van der Waals surface area contributed by atoms with Gasteiger partial charge in [-0.2, -0.15) is 0 Å². The van der Waals surface area contributed by atoms with Gasteiger partial charge in [-0.05, 0) is 193 Å². The summed E-state index contributed by atoms with van der Waals surface area (Å²) in [5.74, 6) is 0. The quantitative estimate of drug-likeness (QED) is 0.129. The van der Waals surface area contributed by atoms with Crippen LogP contribution in [0.2, 0.25) is 0 Å². The zero-order valence-electron chi connectivity index (χ0n) is 79.2. The molecule has 0 saturated carbocycles. The Labute approximate surface area is 850 Å². The molecule has 0 atom stereocenters. The van der Waals surface area contributed by atoms with Crippen LogP contribution in [0.4, 0.5) is 0 Å². The maximum atomic E-state index is 6.84. The molecule has 9 heterocycles. The van der Waals surface area contributed by atoms with Crippen LogP contribution in [-0.4, -0.2) is 13.7 Å². The molecule has 0 radical (unpaired) electrons. The van der Waals surface area contributed by atoms with Crippen molar-refractivity contribution in [2.24, 2.45) is 0 Å². The number of nitrogens with zero attached hydrogens (tertiary/aromatic N) is 3. The molecule has 147 heavy (non-hydrogen) atoms. The smallest absolute Gasteiger partial charge is 0.145 e. The molecular formula is C138H83N3O4S2. The van der Waals surface area contributed by atoms with Crippen molar-refractivity contribution in [3.05, 3.63) is 504 Å². The van der Waals surface area contributed by atoms with E-state index in [9.17, 15) is 0 Å². The summed E-state index contributed by atoms with van der Waals surface area (Å²) in [5.41, 5.74) is 37.0. The summed E-state index contributed by atoms with van der Waals surface area (Å²) in [7, 11) is 0. The monoisotopic (exact) mass is 1910 g/mol. The van der Waals surface area contributed by atoms with Crippen molar-refractivity contribution in [1.82, 2.24) is 13.7 Å². The lowest BCUT2D eigenvalue weighted by molar-refractivity contribution is 0.671. The van der Waals surface area contributed by atoms with Gasteiger partial charge >= 0.3 is 0 Å². The Morgan fingerprint density at radius 3 is 0.741 bits per heavy atom. The third-order valence-electron chi connectivity index (χ3n) is 30.1. The first-order valence-corrected chi connectivity index (χ1v) is 51.6. The first-order chi connectivity index (χ1) is 72.9. The van der Waals surface area contributed by atoms with Crippen molar-refractivity contribution >= 4 is 216 Å². The lowest BCUT2D eigenvalue weighted by Gasteiger charge is -2.10.